The Morgan fingerprint density at radius 2 is 1.19 bits per heavy atom. The maximum absolute atomic E-state index is 14.2. The quantitative estimate of drug-likeness (QED) is 0.135. The third-order valence-electron chi connectivity index (χ3n) is 6.05. The van der Waals surface area contributed by atoms with Gasteiger partial charge in [0.1, 0.15) is 30.5 Å². The SMILES string of the molecule is C=CC(=O)OCCNC(=O)Oc1ccc2ccccc2c1-c1c(OC(=O)NCCOC(=O)C=C)ccc2cc(F)ccc12. The lowest BCUT2D eigenvalue weighted by Gasteiger charge is -2.19. The van der Waals surface area contributed by atoms with Gasteiger partial charge in [-0.3, -0.25) is 0 Å². The smallest absolute Gasteiger partial charge is 0.412 e. The summed E-state index contributed by atoms with van der Waals surface area (Å²) in [5.74, 6) is -1.52. The molecule has 0 fully saturated rings. The summed E-state index contributed by atoms with van der Waals surface area (Å²) >= 11 is 0. The van der Waals surface area contributed by atoms with Crippen LogP contribution in [-0.2, 0) is 19.1 Å². The van der Waals surface area contributed by atoms with Gasteiger partial charge in [-0.25, -0.2) is 23.6 Å². The molecule has 220 valence electrons. The van der Waals surface area contributed by atoms with Crippen molar-refractivity contribution in [1.29, 1.82) is 0 Å². The van der Waals surface area contributed by atoms with Crippen LogP contribution in [-0.4, -0.2) is 50.4 Å². The van der Waals surface area contributed by atoms with Gasteiger partial charge in [0.15, 0.2) is 0 Å². The van der Waals surface area contributed by atoms with Crippen LogP contribution in [0, 0.1) is 5.82 Å². The van der Waals surface area contributed by atoms with Crippen LogP contribution in [0.25, 0.3) is 32.7 Å². The number of rotatable bonds is 11. The Morgan fingerprint density at radius 3 is 1.74 bits per heavy atom. The summed E-state index contributed by atoms with van der Waals surface area (Å²) in [5.41, 5.74) is 0.775. The summed E-state index contributed by atoms with van der Waals surface area (Å²) in [5, 5.41) is 7.49. The van der Waals surface area contributed by atoms with Gasteiger partial charge in [0.05, 0.1) is 13.1 Å². The highest BCUT2D eigenvalue weighted by Gasteiger charge is 2.22. The Morgan fingerprint density at radius 1 is 0.674 bits per heavy atom. The summed E-state index contributed by atoms with van der Waals surface area (Å²) in [6, 6.07) is 17.9. The summed E-state index contributed by atoms with van der Waals surface area (Å²) < 4.78 is 35.3. The number of benzene rings is 4. The van der Waals surface area contributed by atoms with Gasteiger partial charge in [-0.2, -0.15) is 0 Å². The third kappa shape index (κ3) is 7.73. The average Bonchev–Trinajstić information content (AvgIpc) is 3.01. The Kier molecular flexibility index (Phi) is 10.0. The van der Waals surface area contributed by atoms with Crippen LogP contribution in [0.5, 0.6) is 11.5 Å². The molecule has 0 heterocycles. The molecule has 0 aliphatic carbocycles. The van der Waals surface area contributed by atoms with Gasteiger partial charge in [0, 0.05) is 23.3 Å². The third-order valence-corrected chi connectivity index (χ3v) is 6.05. The maximum atomic E-state index is 14.2. The van der Waals surface area contributed by atoms with E-state index < -0.39 is 29.9 Å². The van der Waals surface area contributed by atoms with Crippen LogP contribution in [0.1, 0.15) is 0 Å². The zero-order chi connectivity index (χ0) is 30.8. The summed E-state index contributed by atoms with van der Waals surface area (Å²) in [4.78, 5) is 48.0. The summed E-state index contributed by atoms with van der Waals surface area (Å²) in [6.07, 6.45) is 0.343. The van der Waals surface area contributed by atoms with E-state index in [9.17, 15) is 23.6 Å². The fourth-order valence-corrected chi connectivity index (χ4v) is 4.22. The molecule has 0 aliphatic heterocycles. The van der Waals surface area contributed by atoms with E-state index in [1.54, 1.807) is 30.3 Å². The van der Waals surface area contributed by atoms with E-state index in [1.807, 2.05) is 18.2 Å². The monoisotopic (exact) mass is 586 g/mol. The predicted molar refractivity (Wildman–Crippen MR) is 157 cm³/mol. The van der Waals surface area contributed by atoms with E-state index in [-0.39, 0.29) is 37.8 Å². The number of amides is 2. The molecule has 11 heteroatoms. The molecular formula is C32H27FN2O8. The molecule has 0 aliphatic rings. The summed E-state index contributed by atoms with van der Waals surface area (Å²) in [7, 11) is 0. The van der Waals surface area contributed by atoms with Crippen molar-refractivity contribution in [2.24, 2.45) is 0 Å². The van der Waals surface area contributed by atoms with Crippen molar-refractivity contribution in [3.8, 4) is 22.6 Å². The van der Waals surface area contributed by atoms with Crippen LogP contribution in [0.15, 0.2) is 92.0 Å². The van der Waals surface area contributed by atoms with Crippen molar-refractivity contribution in [3.63, 3.8) is 0 Å². The van der Waals surface area contributed by atoms with Crippen molar-refractivity contribution in [2.75, 3.05) is 26.3 Å². The maximum Gasteiger partial charge on any atom is 0.412 e. The zero-order valence-electron chi connectivity index (χ0n) is 22.9. The molecule has 0 saturated heterocycles. The minimum absolute atomic E-state index is 0.0223. The molecule has 4 aromatic rings. The molecule has 0 spiro atoms. The van der Waals surface area contributed by atoms with Crippen LogP contribution in [0.2, 0.25) is 0 Å². The number of carbonyl (C=O) groups excluding carboxylic acids is 4. The van der Waals surface area contributed by atoms with E-state index in [1.165, 1.54) is 18.2 Å². The number of carbonyl (C=O) groups is 4. The van der Waals surface area contributed by atoms with Crippen molar-refractivity contribution < 1.29 is 42.5 Å². The second-order valence-electron chi connectivity index (χ2n) is 8.84. The highest BCUT2D eigenvalue weighted by molar-refractivity contribution is 6.10. The van der Waals surface area contributed by atoms with Crippen molar-refractivity contribution >= 4 is 45.7 Å². The first-order chi connectivity index (χ1) is 20.8. The van der Waals surface area contributed by atoms with Gasteiger partial charge in [-0.1, -0.05) is 55.6 Å². The van der Waals surface area contributed by atoms with Crippen LogP contribution >= 0.6 is 0 Å². The minimum atomic E-state index is -0.841. The van der Waals surface area contributed by atoms with E-state index >= 15 is 0 Å². The molecule has 0 bridgehead atoms. The van der Waals surface area contributed by atoms with Gasteiger partial charge in [0.25, 0.3) is 0 Å². The number of ether oxygens (including phenoxy) is 4. The number of hydrogen-bond acceptors (Lipinski definition) is 8. The molecule has 0 radical (unpaired) electrons. The first-order valence-corrected chi connectivity index (χ1v) is 13.0. The van der Waals surface area contributed by atoms with E-state index in [2.05, 4.69) is 23.8 Å². The molecule has 4 aromatic carbocycles. The molecule has 4 rings (SSSR count). The Balaban J connectivity index is 1.73. The fourth-order valence-electron chi connectivity index (χ4n) is 4.22. The van der Waals surface area contributed by atoms with Gasteiger partial charge >= 0.3 is 24.1 Å². The van der Waals surface area contributed by atoms with E-state index in [0.717, 1.165) is 17.5 Å². The van der Waals surface area contributed by atoms with Crippen molar-refractivity contribution in [2.45, 2.75) is 0 Å². The molecule has 0 saturated carbocycles. The number of esters is 2. The molecule has 2 N–H and O–H groups in total. The van der Waals surface area contributed by atoms with Crippen molar-refractivity contribution in [3.05, 3.63) is 97.9 Å². The fraction of sp³-hybridized carbons (Fsp3) is 0.125. The van der Waals surface area contributed by atoms with Crippen LogP contribution in [0.3, 0.4) is 0 Å². The second-order valence-corrected chi connectivity index (χ2v) is 8.84. The first-order valence-electron chi connectivity index (χ1n) is 13.0. The summed E-state index contributed by atoms with van der Waals surface area (Å²) in [6.45, 7) is 6.36. The van der Waals surface area contributed by atoms with Gasteiger partial charge in [0.2, 0.25) is 0 Å². The lowest BCUT2D eigenvalue weighted by molar-refractivity contribution is -0.138. The molecule has 0 unspecified atom stereocenters. The Bertz CT molecular complexity index is 1720. The highest BCUT2D eigenvalue weighted by Crippen LogP contribution is 2.45. The Labute approximate surface area is 245 Å². The van der Waals surface area contributed by atoms with Crippen LogP contribution < -0.4 is 20.1 Å². The Hall–Kier alpha value is -5.71. The lowest BCUT2D eigenvalue weighted by atomic mass is 9.92. The molecule has 0 atom stereocenters. The highest BCUT2D eigenvalue weighted by atomic mass is 19.1. The predicted octanol–water partition coefficient (Wildman–Crippen LogP) is 5.43. The molecule has 0 aromatic heterocycles. The molecular weight excluding hydrogens is 559 g/mol. The topological polar surface area (TPSA) is 129 Å². The molecule has 43 heavy (non-hydrogen) atoms. The van der Waals surface area contributed by atoms with Crippen molar-refractivity contribution in [1.82, 2.24) is 10.6 Å². The minimum Gasteiger partial charge on any atom is -0.461 e. The van der Waals surface area contributed by atoms with E-state index in [0.29, 0.717) is 27.3 Å². The lowest BCUT2D eigenvalue weighted by Crippen LogP contribution is -2.31. The number of halogens is 1. The second kappa shape index (κ2) is 14.3. The average molecular weight is 587 g/mol. The first kappa shape index (κ1) is 30.3. The van der Waals surface area contributed by atoms with E-state index in [4.69, 9.17) is 18.9 Å². The van der Waals surface area contributed by atoms with Gasteiger partial charge in [-0.05, 0) is 45.8 Å². The largest absolute Gasteiger partial charge is 0.461 e. The number of nitrogens with one attached hydrogen (secondary N) is 2. The van der Waals surface area contributed by atoms with Gasteiger partial charge in [-0.15, -0.1) is 0 Å². The molecule has 2 amide bonds. The van der Waals surface area contributed by atoms with Gasteiger partial charge < -0.3 is 29.6 Å². The normalized spacial score (nSPS) is 10.4. The standard InChI is InChI=1S/C32H27FN2O8/c1-3-27(36)40-17-15-34-31(38)42-25-13-9-20-7-5-6-8-23(20)29(25)30-24-12-11-22(33)19-21(24)10-14-26(30)43-32(39)35-16-18-41-28(37)4-2/h3-14,19H,1-2,15-18H2,(H,34,38)(H,35,39). The number of fused-ring (bicyclic) bond motifs is 2. The molecule has 10 nitrogen and oxygen atoms in total. The zero-order valence-corrected chi connectivity index (χ0v) is 22.9. The number of hydrogen-bond donors (Lipinski definition) is 2. The van der Waals surface area contributed by atoms with Crippen LogP contribution in [0.4, 0.5) is 14.0 Å².